The van der Waals surface area contributed by atoms with Gasteiger partial charge in [-0.15, -0.1) is 0 Å². The summed E-state index contributed by atoms with van der Waals surface area (Å²) in [6.45, 7) is 12.0. The van der Waals surface area contributed by atoms with Gasteiger partial charge in [0.05, 0.1) is 11.5 Å². The molecule has 0 N–H and O–H groups in total. The zero-order valence-corrected chi connectivity index (χ0v) is 17.9. The van der Waals surface area contributed by atoms with E-state index in [1.54, 1.807) is 29.2 Å². The van der Waals surface area contributed by atoms with Gasteiger partial charge in [-0.1, -0.05) is 17.7 Å². The molecule has 0 aromatic heterocycles. The average molecular weight is 398 g/mol. The third-order valence-corrected chi connectivity index (χ3v) is 5.96. The molecule has 1 fully saturated rings. The number of likely N-dealkylation sites (tertiary alicyclic amines) is 1. The van der Waals surface area contributed by atoms with Crippen molar-refractivity contribution in [3.63, 3.8) is 0 Å². The molecule has 152 valence electrons. The van der Waals surface area contributed by atoms with E-state index in [1.165, 1.54) is 0 Å². The first kappa shape index (κ1) is 21.7. The highest BCUT2D eigenvalue weighted by Gasteiger charge is 2.40. The number of rotatable bonds is 4. The molecule has 2 rings (SSSR count). The Bertz CT molecular complexity index is 763. The van der Waals surface area contributed by atoms with Crippen LogP contribution in [0.4, 0.5) is 4.79 Å². The molecule has 7 heteroatoms. The van der Waals surface area contributed by atoms with E-state index < -0.39 is 21.3 Å². The van der Waals surface area contributed by atoms with E-state index in [0.717, 1.165) is 5.56 Å². The number of nitrogens with zero attached hydrogens (tertiary/aromatic N) is 1. The van der Waals surface area contributed by atoms with Crippen LogP contribution >= 0.6 is 0 Å². The Kier molecular flexibility index (Phi) is 6.26. The van der Waals surface area contributed by atoms with E-state index in [9.17, 15) is 13.2 Å². The van der Waals surface area contributed by atoms with E-state index in [1.807, 2.05) is 41.5 Å². The Hall–Kier alpha value is -1.60. The fourth-order valence-corrected chi connectivity index (χ4v) is 4.27. The van der Waals surface area contributed by atoms with Gasteiger partial charge in [0.25, 0.3) is 10.1 Å². The Morgan fingerprint density at radius 3 is 2.33 bits per heavy atom. The standard InChI is InChI=1S/C20H31NO5S/c1-15-7-9-17(10-8-15)27(23,24)25-14-16-11-12-21(20(5,6)13-16)18(22)26-19(2,3)4/h7-10,16H,11-14H2,1-6H3/t16-/m0/s1. The van der Waals surface area contributed by atoms with Crippen LogP contribution < -0.4 is 0 Å². The zero-order valence-electron chi connectivity index (χ0n) is 17.1. The fourth-order valence-electron chi connectivity index (χ4n) is 3.29. The van der Waals surface area contributed by atoms with E-state index in [4.69, 9.17) is 8.92 Å². The van der Waals surface area contributed by atoms with Crippen LogP contribution in [0.5, 0.6) is 0 Å². The number of aryl methyl sites for hydroxylation is 1. The van der Waals surface area contributed by atoms with Crippen molar-refractivity contribution in [1.82, 2.24) is 4.90 Å². The van der Waals surface area contributed by atoms with Gasteiger partial charge < -0.3 is 9.64 Å². The van der Waals surface area contributed by atoms with Gasteiger partial charge in [0.15, 0.2) is 0 Å². The number of piperidine rings is 1. The maximum Gasteiger partial charge on any atom is 0.410 e. The number of carbonyl (C=O) groups excluding carboxylic acids is 1. The molecule has 1 saturated heterocycles. The first-order valence-electron chi connectivity index (χ1n) is 9.27. The SMILES string of the molecule is Cc1ccc(S(=O)(=O)OC[C@H]2CCN(C(=O)OC(C)(C)C)C(C)(C)C2)cc1. The molecule has 0 saturated carbocycles. The van der Waals surface area contributed by atoms with Crippen molar-refractivity contribution in [3.05, 3.63) is 29.8 Å². The van der Waals surface area contributed by atoms with Gasteiger partial charge in [0.1, 0.15) is 5.60 Å². The Morgan fingerprint density at radius 2 is 1.81 bits per heavy atom. The van der Waals surface area contributed by atoms with Crippen molar-refractivity contribution < 1.29 is 22.1 Å². The Labute approximate surface area is 163 Å². The molecule has 1 aliphatic heterocycles. The van der Waals surface area contributed by atoms with Crippen LogP contribution in [0.3, 0.4) is 0 Å². The zero-order chi connectivity index (χ0) is 20.5. The summed E-state index contributed by atoms with van der Waals surface area (Å²) in [6, 6.07) is 6.61. The van der Waals surface area contributed by atoms with E-state index >= 15 is 0 Å². The number of hydrogen-bond donors (Lipinski definition) is 0. The lowest BCUT2D eigenvalue weighted by atomic mass is 9.83. The van der Waals surface area contributed by atoms with Crippen LogP contribution in [0.1, 0.15) is 53.0 Å². The van der Waals surface area contributed by atoms with Gasteiger partial charge in [-0.2, -0.15) is 8.42 Å². The van der Waals surface area contributed by atoms with Crippen molar-refractivity contribution in [1.29, 1.82) is 0 Å². The molecule has 27 heavy (non-hydrogen) atoms. The van der Waals surface area contributed by atoms with Crippen molar-refractivity contribution >= 4 is 16.2 Å². The van der Waals surface area contributed by atoms with Gasteiger partial charge in [-0.25, -0.2) is 4.79 Å². The Morgan fingerprint density at radius 1 is 1.22 bits per heavy atom. The lowest BCUT2D eigenvalue weighted by Crippen LogP contribution is -2.54. The fraction of sp³-hybridized carbons (Fsp3) is 0.650. The van der Waals surface area contributed by atoms with Gasteiger partial charge >= 0.3 is 6.09 Å². The molecular formula is C20H31NO5S. The van der Waals surface area contributed by atoms with Crippen molar-refractivity contribution in [2.24, 2.45) is 5.92 Å². The van der Waals surface area contributed by atoms with Gasteiger partial charge in [0, 0.05) is 12.1 Å². The molecule has 0 spiro atoms. The minimum atomic E-state index is -3.77. The van der Waals surface area contributed by atoms with Crippen LogP contribution in [0.2, 0.25) is 0 Å². The van der Waals surface area contributed by atoms with Gasteiger partial charge in [0.2, 0.25) is 0 Å². The third kappa shape index (κ3) is 5.94. The van der Waals surface area contributed by atoms with Crippen LogP contribution in [0, 0.1) is 12.8 Å². The van der Waals surface area contributed by atoms with E-state index in [2.05, 4.69) is 0 Å². The van der Waals surface area contributed by atoms with Crippen molar-refractivity contribution in [2.75, 3.05) is 13.2 Å². The van der Waals surface area contributed by atoms with Crippen molar-refractivity contribution in [3.8, 4) is 0 Å². The molecule has 1 heterocycles. The summed E-state index contributed by atoms with van der Waals surface area (Å²) in [5.41, 5.74) is 0.0162. The van der Waals surface area contributed by atoms with E-state index in [-0.39, 0.29) is 23.5 Å². The maximum atomic E-state index is 12.4. The van der Waals surface area contributed by atoms with E-state index in [0.29, 0.717) is 19.4 Å². The number of amides is 1. The normalized spacial score (nSPS) is 20.4. The number of hydrogen-bond acceptors (Lipinski definition) is 5. The molecule has 1 aromatic rings. The predicted molar refractivity (Wildman–Crippen MR) is 104 cm³/mol. The summed E-state index contributed by atoms with van der Waals surface area (Å²) in [7, 11) is -3.77. The second-order valence-corrected chi connectivity index (χ2v) is 10.5. The summed E-state index contributed by atoms with van der Waals surface area (Å²) in [5.74, 6) is 0.0545. The molecular weight excluding hydrogens is 366 g/mol. The monoisotopic (exact) mass is 397 g/mol. The highest BCUT2D eigenvalue weighted by molar-refractivity contribution is 7.86. The lowest BCUT2D eigenvalue weighted by Gasteiger charge is -2.45. The summed E-state index contributed by atoms with van der Waals surface area (Å²) in [4.78, 5) is 14.3. The van der Waals surface area contributed by atoms with Gasteiger partial charge in [-0.3, -0.25) is 4.18 Å². The topological polar surface area (TPSA) is 72.9 Å². The summed E-state index contributed by atoms with van der Waals surface area (Å²) in [5, 5.41) is 0. The Balaban J connectivity index is 1.97. The first-order chi connectivity index (χ1) is 12.3. The highest BCUT2D eigenvalue weighted by Crippen LogP contribution is 2.33. The highest BCUT2D eigenvalue weighted by atomic mass is 32.2. The molecule has 1 amide bonds. The lowest BCUT2D eigenvalue weighted by molar-refractivity contribution is -0.0185. The molecule has 0 unspecified atom stereocenters. The molecule has 6 nitrogen and oxygen atoms in total. The predicted octanol–water partition coefficient (Wildman–Crippen LogP) is 4.13. The molecule has 1 aliphatic rings. The second-order valence-electron chi connectivity index (χ2n) is 8.85. The minimum Gasteiger partial charge on any atom is -0.444 e. The molecule has 0 bridgehead atoms. The first-order valence-corrected chi connectivity index (χ1v) is 10.7. The molecule has 0 radical (unpaired) electrons. The van der Waals surface area contributed by atoms with Crippen LogP contribution in [0.25, 0.3) is 0 Å². The van der Waals surface area contributed by atoms with Crippen LogP contribution in [-0.4, -0.2) is 43.7 Å². The third-order valence-electron chi connectivity index (χ3n) is 4.66. The molecule has 0 aliphatic carbocycles. The number of carbonyl (C=O) groups is 1. The van der Waals surface area contributed by atoms with Gasteiger partial charge in [-0.05, 0) is 72.4 Å². The largest absolute Gasteiger partial charge is 0.444 e. The maximum absolute atomic E-state index is 12.4. The molecule has 1 atom stereocenters. The minimum absolute atomic E-state index is 0.0545. The molecule has 1 aromatic carbocycles. The smallest absolute Gasteiger partial charge is 0.410 e. The number of ether oxygens (including phenoxy) is 1. The van der Waals surface area contributed by atoms with Crippen LogP contribution in [0.15, 0.2) is 29.2 Å². The van der Waals surface area contributed by atoms with Crippen LogP contribution in [-0.2, 0) is 19.0 Å². The summed E-state index contributed by atoms with van der Waals surface area (Å²) < 4.78 is 35.5. The number of benzene rings is 1. The average Bonchev–Trinajstić information content (AvgIpc) is 2.51. The van der Waals surface area contributed by atoms with Crippen molar-refractivity contribution in [2.45, 2.75) is 70.4 Å². The summed E-state index contributed by atoms with van der Waals surface area (Å²) >= 11 is 0. The second kappa shape index (κ2) is 7.80. The summed E-state index contributed by atoms with van der Waals surface area (Å²) in [6.07, 6.45) is 0.987. The quantitative estimate of drug-likeness (QED) is 0.715.